The van der Waals surface area contributed by atoms with E-state index in [9.17, 15) is 17.6 Å². The summed E-state index contributed by atoms with van der Waals surface area (Å²) < 4.78 is 40.0. The molecule has 3 saturated heterocycles. The number of benzene rings is 1. The predicted molar refractivity (Wildman–Crippen MR) is 108 cm³/mol. The molecule has 1 amide bonds. The molecule has 160 valence electrons. The second kappa shape index (κ2) is 8.70. The molecule has 1 aromatic carbocycles. The van der Waals surface area contributed by atoms with Crippen molar-refractivity contribution < 1.29 is 17.6 Å². The lowest BCUT2D eigenvalue weighted by molar-refractivity contribution is -0.138. The van der Waals surface area contributed by atoms with Gasteiger partial charge in [-0.05, 0) is 75.9 Å². The van der Waals surface area contributed by atoms with Crippen molar-refractivity contribution in [3.63, 3.8) is 0 Å². The van der Waals surface area contributed by atoms with Crippen LogP contribution in [0.4, 0.5) is 4.39 Å². The normalized spacial score (nSPS) is 23.6. The van der Waals surface area contributed by atoms with E-state index in [-0.39, 0.29) is 16.7 Å². The fourth-order valence-electron chi connectivity index (χ4n) is 4.92. The number of rotatable bonds is 4. The van der Waals surface area contributed by atoms with Gasteiger partial charge in [-0.1, -0.05) is 0 Å². The molecule has 0 atom stereocenters. The van der Waals surface area contributed by atoms with Crippen LogP contribution in [0.2, 0.25) is 0 Å². The molecule has 4 rings (SSSR count). The van der Waals surface area contributed by atoms with Crippen LogP contribution in [0.3, 0.4) is 0 Å². The van der Waals surface area contributed by atoms with Crippen LogP contribution >= 0.6 is 0 Å². The minimum absolute atomic E-state index is 0.0991. The van der Waals surface area contributed by atoms with Crippen molar-refractivity contribution in [3.8, 4) is 0 Å². The smallest absolute Gasteiger partial charge is 0.243 e. The SMILES string of the molecule is O=C(C1CCN(S(=O)(=O)c2ccc(F)cc2)CC1)N1CCC(N2CCCC2)CC1. The van der Waals surface area contributed by atoms with E-state index < -0.39 is 15.8 Å². The van der Waals surface area contributed by atoms with Gasteiger partial charge in [0.1, 0.15) is 5.82 Å². The van der Waals surface area contributed by atoms with E-state index in [1.165, 1.54) is 42.4 Å². The average Bonchev–Trinajstić information content (AvgIpc) is 3.29. The molecule has 3 aliphatic heterocycles. The molecule has 29 heavy (non-hydrogen) atoms. The molecule has 0 bridgehead atoms. The summed E-state index contributed by atoms with van der Waals surface area (Å²) in [5.41, 5.74) is 0. The number of amides is 1. The van der Waals surface area contributed by atoms with Crippen molar-refractivity contribution in [2.24, 2.45) is 5.92 Å². The van der Waals surface area contributed by atoms with Gasteiger partial charge >= 0.3 is 0 Å². The quantitative estimate of drug-likeness (QED) is 0.746. The van der Waals surface area contributed by atoms with Gasteiger partial charge in [-0.2, -0.15) is 4.31 Å². The predicted octanol–water partition coefficient (Wildman–Crippen LogP) is 2.31. The molecule has 0 radical (unpaired) electrons. The maximum Gasteiger partial charge on any atom is 0.243 e. The number of hydrogen-bond donors (Lipinski definition) is 0. The second-order valence-electron chi connectivity index (χ2n) is 8.43. The molecule has 0 spiro atoms. The number of sulfonamides is 1. The Morgan fingerprint density at radius 1 is 0.862 bits per heavy atom. The highest BCUT2D eigenvalue weighted by Gasteiger charge is 2.35. The van der Waals surface area contributed by atoms with Gasteiger partial charge in [0.05, 0.1) is 4.90 Å². The number of hydrogen-bond acceptors (Lipinski definition) is 4. The van der Waals surface area contributed by atoms with Gasteiger partial charge < -0.3 is 9.80 Å². The zero-order valence-corrected chi connectivity index (χ0v) is 17.6. The minimum Gasteiger partial charge on any atom is -0.342 e. The van der Waals surface area contributed by atoms with Crippen LogP contribution in [-0.4, -0.2) is 73.7 Å². The maximum atomic E-state index is 13.1. The first kappa shape index (κ1) is 20.8. The molecule has 0 unspecified atom stereocenters. The van der Waals surface area contributed by atoms with Gasteiger partial charge in [0, 0.05) is 38.1 Å². The largest absolute Gasteiger partial charge is 0.342 e. The summed E-state index contributed by atoms with van der Waals surface area (Å²) >= 11 is 0. The van der Waals surface area contributed by atoms with Crippen molar-refractivity contribution in [3.05, 3.63) is 30.1 Å². The van der Waals surface area contributed by atoms with Crippen LogP contribution in [0.15, 0.2) is 29.2 Å². The summed E-state index contributed by atoms with van der Waals surface area (Å²) in [6.45, 7) is 4.68. The Bertz CT molecular complexity index is 808. The molecule has 0 saturated carbocycles. The maximum absolute atomic E-state index is 13.1. The number of piperidine rings is 2. The molecular formula is C21H30FN3O3S. The van der Waals surface area contributed by atoms with Gasteiger partial charge in [-0.15, -0.1) is 0 Å². The number of halogens is 1. The van der Waals surface area contributed by atoms with Crippen molar-refractivity contribution in [2.45, 2.75) is 49.5 Å². The summed E-state index contributed by atoms with van der Waals surface area (Å²) in [6, 6.07) is 5.53. The third-order valence-corrected chi connectivity index (χ3v) is 8.60. The van der Waals surface area contributed by atoms with Crippen molar-refractivity contribution in [1.29, 1.82) is 0 Å². The molecule has 0 N–H and O–H groups in total. The average molecular weight is 424 g/mol. The number of carbonyl (C=O) groups is 1. The molecular weight excluding hydrogens is 393 g/mol. The van der Waals surface area contributed by atoms with Gasteiger partial charge in [0.25, 0.3) is 0 Å². The third kappa shape index (κ3) is 4.49. The van der Waals surface area contributed by atoms with E-state index in [1.54, 1.807) is 0 Å². The lowest BCUT2D eigenvalue weighted by Gasteiger charge is -2.39. The molecule has 3 fully saturated rings. The zero-order valence-electron chi connectivity index (χ0n) is 16.8. The molecule has 0 aliphatic carbocycles. The zero-order chi connectivity index (χ0) is 20.4. The molecule has 6 nitrogen and oxygen atoms in total. The summed E-state index contributed by atoms with van der Waals surface area (Å²) in [4.78, 5) is 17.6. The Kier molecular flexibility index (Phi) is 6.22. The second-order valence-corrected chi connectivity index (χ2v) is 10.4. The molecule has 3 heterocycles. The van der Waals surface area contributed by atoms with Gasteiger partial charge in [-0.25, -0.2) is 12.8 Å². The number of nitrogens with zero attached hydrogens (tertiary/aromatic N) is 3. The summed E-state index contributed by atoms with van der Waals surface area (Å²) in [5.74, 6) is -0.372. The van der Waals surface area contributed by atoms with Crippen LogP contribution in [0.1, 0.15) is 38.5 Å². The first-order valence-electron chi connectivity index (χ1n) is 10.7. The van der Waals surface area contributed by atoms with Crippen molar-refractivity contribution in [2.75, 3.05) is 39.3 Å². The van der Waals surface area contributed by atoms with Crippen LogP contribution in [0, 0.1) is 11.7 Å². The van der Waals surface area contributed by atoms with Gasteiger partial charge in [0.2, 0.25) is 15.9 Å². The first-order valence-corrected chi connectivity index (χ1v) is 12.2. The third-order valence-electron chi connectivity index (χ3n) is 6.69. The Hall–Kier alpha value is -1.51. The van der Waals surface area contributed by atoms with E-state index in [1.807, 2.05) is 4.90 Å². The standard InChI is InChI=1S/C21H30FN3O3S/c22-18-3-5-20(6-4-18)29(27,28)25-15-7-17(8-16-25)21(26)24-13-9-19(10-14-24)23-11-1-2-12-23/h3-6,17,19H,1-2,7-16H2. The summed E-state index contributed by atoms with van der Waals surface area (Å²) in [5, 5.41) is 0. The monoisotopic (exact) mass is 423 g/mol. The Balaban J connectivity index is 1.29. The van der Waals surface area contributed by atoms with Crippen LogP contribution < -0.4 is 0 Å². The van der Waals surface area contributed by atoms with E-state index in [0.717, 1.165) is 38.1 Å². The highest BCUT2D eigenvalue weighted by atomic mass is 32.2. The van der Waals surface area contributed by atoms with Crippen LogP contribution in [-0.2, 0) is 14.8 Å². The van der Waals surface area contributed by atoms with Crippen LogP contribution in [0.5, 0.6) is 0 Å². The molecule has 3 aliphatic rings. The molecule has 0 aromatic heterocycles. The number of likely N-dealkylation sites (tertiary alicyclic amines) is 2. The lowest BCUT2D eigenvalue weighted by Crippen LogP contribution is -2.49. The lowest BCUT2D eigenvalue weighted by atomic mass is 9.94. The number of carbonyl (C=O) groups excluding carboxylic acids is 1. The highest BCUT2D eigenvalue weighted by Crippen LogP contribution is 2.27. The van der Waals surface area contributed by atoms with Gasteiger partial charge in [-0.3, -0.25) is 4.79 Å². The van der Waals surface area contributed by atoms with Crippen molar-refractivity contribution in [1.82, 2.24) is 14.1 Å². The van der Waals surface area contributed by atoms with E-state index in [4.69, 9.17) is 0 Å². The fraction of sp³-hybridized carbons (Fsp3) is 0.667. The fourth-order valence-corrected chi connectivity index (χ4v) is 6.38. The molecule has 8 heteroatoms. The van der Waals surface area contributed by atoms with Crippen LogP contribution in [0.25, 0.3) is 0 Å². The topological polar surface area (TPSA) is 60.9 Å². The van der Waals surface area contributed by atoms with E-state index >= 15 is 0 Å². The van der Waals surface area contributed by atoms with Crippen molar-refractivity contribution >= 4 is 15.9 Å². The Morgan fingerprint density at radius 2 is 1.45 bits per heavy atom. The summed E-state index contributed by atoms with van der Waals surface area (Å²) in [6.07, 6.45) is 5.76. The Labute approximate surface area is 172 Å². The van der Waals surface area contributed by atoms with E-state index in [0.29, 0.717) is 32.0 Å². The minimum atomic E-state index is -3.63. The first-order chi connectivity index (χ1) is 13.9. The molecule has 1 aromatic rings. The van der Waals surface area contributed by atoms with Gasteiger partial charge in [0.15, 0.2) is 0 Å². The highest BCUT2D eigenvalue weighted by molar-refractivity contribution is 7.89. The summed E-state index contributed by atoms with van der Waals surface area (Å²) in [7, 11) is -3.63. The van der Waals surface area contributed by atoms with E-state index in [2.05, 4.69) is 4.90 Å². The Morgan fingerprint density at radius 3 is 2.03 bits per heavy atom.